The fraction of sp³-hybridized carbons (Fsp3) is 0.222. The van der Waals surface area contributed by atoms with E-state index in [2.05, 4.69) is 5.32 Å². The molecule has 0 saturated carbocycles. The SMILES string of the molecule is O=C1NCCN(C(=O)Cc2ccc(F)cc2)C1c1ccccc1Cl. The Bertz CT molecular complexity index is 764. The van der Waals surface area contributed by atoms with Gasteiger partial charge in [0, 0.05) is 23.7 Å². The van der Waals surface area contributed by atoms with Gasteiger partial charge in [-0.05, 0) is 23.8 Å². The van der Waals surface area contributed by atoms with Crippen molar-refractivity contribution in [1.82, 2.24) is 10.2 Å². The molecule has 3 rings (SSSR count). The van der Waals surface area contributed by atoms with Crippen LogP contribution in [0.2, 0.25) is 5.02 Å². The Morgan fingerprint density at radius 1 is 1.21 bits per heavy atom. The molecule has 0 aromatic heterocycles. The molecular weight excluding hydrogens is 331 g/mol. The van der Waals surface area contributed by atoms with Gasteiger partial charge in [0.2, 0.25) is 11.8 Å². The van der Waals surface area contributed by atoms with Crippen molar-refractivity contribution in [2.45, 2.75) is 12.5 Å². The van der Waals surface area contributed by atoms with E-state index in [1.165, 1.54) is 17.0 Å². The Hall–Kier alpha value is -2.40. The second-order valence-electron chi connectivity index (χ2n) is 5.61. The van der Waals surface area contributed by atoms with Gasteiger partial charge in [0.15, 0.2) is 0 Å². The molecule has 0 spiro atoms. The van der Waals surface area contributed by atoms with E-state index in [4.69, 9.17) is 11.6 Å². The Labute approximate surface area is 144 Å². The second-order valence-corrected chi connectivity index (χ2v) is 6.01. The van der Waals surface area contributed by atoms with E-state index in [0.717, 1.165) is 0 Å². The maximum atomic E-state index is 13.0. The lowest BCUT2D eigenvalue weighted by atomic mass is 10.0. The van der Waals surface area contributed by atoms with Gasteiger partial charge in [0.05, 0.1) is 6.42 Å². The Balaban J connectivity index is 1.86. The topological polar surface area (TPSA) is 49.4 Å². The average Bonchev–Trinajstić information content (AvgIpc) is 2.57. The predicted molar refractivity (Wildman–Crippen MR) is 89.0 cm³/mol. The van der Waals surface area contributed by atoms with Gasteiger partial charge in [0.25, 0.3) is 0 Å². The van der Waals surface area contributed by atoms with E-state index in [-0.39, 0.29) is 24.1 Å². The number of nitrogens with zero attached hydrogens (tertiary/aromatic N) is 1. The monoisotopic (exact) mass is 346 g/mol. The van der Waals surface area contributed by atoms with Crippen LogP contribution in [0.1, 0.15) is 17.2 Å². The molecule has 1 atom stereocenters. The zero-order valence-electron chi connectivity index (χ0n) is 12.8. The number of nitrogens with one attached hydrogen (secondary N) is 1. The van der Waals surface area contributed by atoms with Crippen LogP contribution in [0.15, 0.2) is 48.5 Å². The molecular formula is C18H16ClFN2O2. The summed E-state index contributed by atoms with van der Waals surface area (Å²) in [6.45, 7) is 0.802. The molecule has 24 heavy (non-hydrogen) atoms. The van der Waals surface area contributed by atoms with Crippen molar-refractivity contribution in [3.8, 4) is 0 Å². The summed E-state index contributed by atoms with van der Waals surface area (Å²) in [5.41, 5.74) is 1.30. The first kappa shape index (κ1) is 16.5. The number of benzene rings is 2. The van der Waals surface area contributed by atoms with Gasteiger partial charge in [-0.1, -0.05) is 41.9 Å². The molecule has 124 valence electrons. The number of hydrogen-bond donors (Lipinski definition) is 1. The quantitative estimate of drug-likeness (QED) is 0.929. The zero-order chi connectivity index (χ0) is 17.1. The highest BCUT2D eigenvalue weighted by Gasteiger charge is 2.35. The number of carbonyl (C=O) groups is 2. The van der Waals surface area contributed by atoms with E-state index in [0.29, 0.717) is 29.2 Å². The average molecular weight is 347 g/mol. The third-order valence-corrected chi connectivity index (χ3v) is 4.34. The molecule has 1 aliphatic heterocycles. The van der Waals surface area contributed by atoms with Crippen molar-refractivity contribution in [3.05, 3.63) is 70.5 Å². The molecule has 2 aromatic rings. The van der Waals surface area contributed by atoms with Crippen LogP contribution in [-0.4, -0.2) is 29.8 Å². The molecule has 4 nitrogen and oxygen atoms in total. The van der Waals surface area contributed by atoms with Gasteiger partial charge < -0.3 is 10.2 Å². The number of amides is 2. The van der Waals surface area contributed by atoms with E-state index < -0.39 is 6.04 Å². The summed E-state index contributed by atoms with van der Waals surface area (Å²) in [5.74, 6) is -0.791. The number of halogens is 2. The molecule has 1 unspecified atom stereocenters. The van der Waals surface area contributed by atoms with E-state index in [9.17, 15) is 14.0 Å². The minimum atomic E-state index is -0.750. The van der Waals surface area contributed by atoms with Crippen LogP contribution in [-0.2, 0) is 16.0 Å². The van der Waals surface area contributed by atoms with Crippen molar-refractivity contribution in [1.29, 1.82) is 0 Å². The van der Waals surface area contributed by atoms with Gasteiger partial charge in [-0.25, -0.2) is 4.39 Å². The minimum Gasteiger partial charge on any atom is -0.352 e. The lowest BCUT2D eigenvalue weighted by Gasteiger charge is -2.35. The molecule has 0 bridgehead atoms. The highest BCUT2D eigenvalue weighted by molar-refractivity contribution is 6.31. The summed E-state index contributed by atoms with van der Waals surface area (Å²) in [6.07, 6.45) is 0.106. The van der Waals surface area contributed by atoms with Gasteiger partial charge in [-0.2, -0.15) is 0 Å². The minimum absolute atomic E-state index is 0.106. The van der Waals surface area contributed by atoms with Crippen LogP contribution in [0, 0.1) is 5.82 Å². The summed E-state index contributed by atoms with van der Waals surface area (Å²) in [4.78, 5) is 26.6. The highest BCUT2D eigenvalue weighted by Crippen LogP contribution is 2.29. The fourth-order valence-electron chi connectivity index (χ4n) is 2.82. The maximum absolute atomic E-state index is 13.0. The molecule has 2 amide bonds. The number of rotatable bonds is 3. The molecule has 1 heterocycles. The van der Waals surface area contributed by atoms with Crippen LogP contribution >= 0.6 is 11.6 Å². The van der Waals surface area contributed by atoms with Crippen molar-refractivity contribution < 1.29 is 14.0 Å². The Kier molecular flexibility index (Phi) is 4.81. The van der Waals surface area contributed by atoms with Gasteiger partial charge in [-0.3, -0.25) is 9.59 Å². The van der Waals surface area contributed by atoms with Crippen molar-refractivity contribution in [2.75, 3.05) is 13.1 Å². The van der Waals surface area contributed by atoms with Gasteiger partial charge in [-0.15, -0.1) is 0 Å². The smallest absolute Gasteiger partial charge is 0.247 e. The molecule has 1 saturated heterocycles. The van der Waals surface area contributed by atoms with Crippen molar-refractivity contribution >= 4 is 23.4 Å². The van der Waals surface area contributed by atoms with Crippen LogP contribution in [0.25, 0.3) is 0 Å². The number of piperazine rings is 1. The largest absolute Gasteiger partial charge is 0.352 e. The van der Waals surface area contributed by atoms with Crippen LogP contribution in [0.3, 0.4) is 0 Å². The van der Waals surface area contributed by atoms with Crippen molar-refractivity contribution in [2.24, 2.45) is 0 Å². The fourth-order valence-corrected chi connectivity index (χ4v) is 3.06. The predicted octanol–water partition coefficient (Wildman–Crippen LogP) is 2.72. The van der Waals surface area contributed by atoms with Crippen LogP contribution in [0.5, 0.6) is 0 Å². The van der Waals surface area contributed by atoms with Crippen LogP contribution in [0.4, 0.5) is 4.39 Å². The summed E-state index contributed by atoms with van der Waals surface area (Å²) < 4.78 is 13.0. The molecule has 2 aromatic carbocycles. The lowest BCUT2D eigenvalue weighted by molar-refractivity contribution is -0.143. The first-order valence-corrected chi connectivity index (χ1v) is 8.00. The third-order valence-electron chi connectivity index (χ3n) is 4.00. The standard InChI is InChI=1S/C18H16ClFN2O2/c19-15-4-2-1-3-14(15)17-18(24)21-9-10-22(17)16(23)11-12-5-7-13(20)8-6-12/h1-8,17H,9-11H2,(H,21,24). The van der Waals surface area contributed by atoms with Gasteiger partial charge in [0.1, 0.15) is 11.9 Å². The first-order chi connectivity index (χ1) is 11.6. The van der Waals surface area contributed by atoms with E-state index in [1.54, 1.807) is 36.4 Å². The lowest BCUT2D eigenvalue weighted by Crippen LogP contribution is -2.52. The second kappa shape index (κ2) is 7.01. The zero-order valence-corrected chi connectivity index (χ0v) is 13.6. The van der Waals surface area contributed by atoms with Gasteiger partial charge >= 0.3 is 0 Å². The number of hydrogen-bond acceptors (Lipinski definition) is 2. The molecule has 0 aliphatic carbocycles. The highest BCUT2D eigenvalue weighted by atomic mass is 35.5. The maximum Gasteiger partial charge on any atom is 0.247 e. The number of carbonyl (C=O) groups excluding carboxylic acids is 2. The molecule has 1 fully saturated rings. The normalized spacial score (nSPS) is 17.5. The Morgan fingerprint density at radius 2 is 1.92 bits per heavy atom. The molecule has 1 N–H and O–H groups in total. The van der Waals surface area contributed by atoms with Crippen molar-refractivity contribution in [3.63, 3.8) is 0 Å². The Morgan fingerprint density at radius 3 is 2.62 bits per heavy atom. The molecule has 6 heteroatoms. The summed E-state index contributed by atoms with van der Waals surface area (Å²) in [5, 5.41) is 3.22. The van der Waals surface area contributed by atoms with Crippen LogP contribution < -0.4 is 5.32 Å². The van der Waals surface area contributed by atoms with E-state index in [1.807, 2.05) is 0 Å². The summed E-state index contributed by atoms with van der Waals surface area (Å²) >= 11 is 6.21. The first-order valence-electron chi connectivity index (χ1n) is 7.62. The molecule has 1 aliphatic rings. The third kappa shape index (κ3) is 3.41. The van der Waals surface area contributed by atoms with E-state index >= 15 is 0 Å². The molecule has 0 radical (unpaired) electrons. The summed E-state index contributed by atoms with van der Waals surface area (Å²) in [7, 11) is 0. The summed E-state index contributed by atoms with van der Waals surface area (Å²) in [6, 6.07) is 12.0.